The van der Waals surface area contributed by atoms with E-state index in [4.69, 9.17) is 0 Å². The molecule has 0 spiro atoms. The van der Waals surface area contributed by atoms with E-state index < -0.39 is 9.84 Å². The molecule has 1 heterocycles. The van der Waals surface area contributed by atoms with E-state index in [9.17, 15) is 13.2 Å². The largest absolute Gasteiger partial charge is 0.303 e. The number of allylic oxidation sites excluding steroid dienone is 2. The minimum Gasteiger partial charge on any atom is -0.303 e. The fourth-order valence-electron chi connectivity index (χ4n) is 1.81. The van der Waals surface area contributed by atoms with Gasteiger partial charge in [-0.1, -0.05) is 23.3 Å². The van der Waals surface area contributed by atoms with E-state index in [2.05, 4.69) is 0 Å². The van der Waals surface area contributed by atoms with Gasteiger partial charge < -0.3 is 4.79 Å². The topological polar surface area (TPSA) is 51.2 Å². The van der Waals surface area contributed by atoms with Crippen molar-refractivity contribution in [1.29, 1.82) is 0 Å². The standard InChI is InChI=1S/C12H18O3S/c1-10(4-3-8-13)5-6-12-11(2)7-9-16(12,14)15/h5,7-8,12H,3-4,6,9H2,1-2H3/b10-5+. The Morgan fingerprint density at radius 2 is 2.25 bits per heavy atom. The van der Waals surface area contributed by atoms with Gasteiger partial charge in [0.25, 0.3) is 0 Å². The van der Waals surface area contributed by atoms with Crippen LogP contribution in [-0.2, 0) is 14.6 Å². The van der Waals surface area contributed by atoms with E-state index in [1.54, 1.807) is 6.08 Å². The summed E-state index contributed by atoms with van der Waals surface area (Å²) in [5.74, 6) is 0.171. The summed E-state index contributed by atoms with van der Waals surface area (Å²) in [6.07, 6.45) is 6.38. The molecule has 0 saturated heterocycles. The van der Waals surface area contributed by atoms with Crippen LogP contribution in [0.2, 0.25) is 0 Å². The van der Waals surface area contributed by atoms with Crippen molar-refractivity contribution >= 4 is 16.1 Å². The first-order chi connectivity index (χ1) is 7.47. The molecule has 0 saturated carbocycles. The molecule has 0 aromatic heterocycles. The van der Waals surface area contributed by atoms with Gasteiger partial charge in [0, 0.05) is 6.42 Å². The smallest absolute Gasteiger partial charge is 0.160 e. The van der Waals surface area contributed by atoms with Crippen LogP contribution >= 0.6 is 0 Å². The Bertz CT molecular complexity index is 416. The maximum atomic E-state index is 11.7. The Labute approximate surface area is 97.2 Å². The third-order valence-electron chi connectivity index (χ3n) is 2.92. The molecule has 0 amide bonds. The highest BCUT2D eigenvalue weighted by Gasteiger charge is 2.30. The molecule has 1 aliphatic heterocycles. The van der Waals surface area contributed by atoms with E-state index in [0.717, 1.165) is 23.9 Å². The fourth-order valence-corrected chi connectivity index (χ4v) is 3.59. The lowest BCUT2D eigenvalue weighted by Gasteiger charge is -2.09. The van der Waals surface area contributed by atoms with Crippen LogP contribution < -0.4 is 0 Å². The molecule has 1 rings (SSSR count). The second-order valence-corrected chi connectivity index (χ2v) is 6.49. The summed E-state index contributed by atoms with van der Waals surface area (Å²) < 4.78 is 23.3. The van der Waals surface area contributed by atoms with Gasteiger partial charge in [-0.3, -0.25) is 0 Å². The minimum absolute atomic E-state index is 0.171. The Morgan fingerprint density at radius 1 is 1.56 bits per heavy atom. The predicted molar refractivity (Wildman–Crippen MR) is 65.0 cm³/mol. The van der Waals surface area contributed by atoms with E-state index >= 15 is 0 Å². The molecule has 16 heavy (non-hydrogen) atoms. The average molecular weight is 242 g/mol. The zero-order valence-electron chi connectivity index (χ0n) is 9.77. The van der Waals surface area contributed by atoms with E-state index in [0.29, 0.717) is 12.8 Å². The predicted octanol–water partition coefficient (Wildman–Crippen LogP) is 2.05. The molecule has 0 bridgehead atoms. The Morgan fingerprint density at radius 3 is 2.75 bits per heavy atom. The first kappa shape index (κ1) is 13.2. The number of rotatable bonds is 5. The van der Waals surface area contributed by atoms with Gasteiger partial charge in [0.2, 0.25) is 0 Å². The number of sulfone groups is 1. The third kappa shape index (κ3) is 3.30. The summed E-state index contributed by atoms with van der Waals surface area (Å²) in [5, 5.41) is -0.348. The Balaban J connectivity index is 2.61. The summed E-state index contributed by atoms with van der Waals surface area (Å²) in [6, 6.07) is 0. The quantitative estimate of drug-likeness (QED) is 0.547. The van der Waals surface area contributed by atoms with Gasteiger partial charge in [-0.05, 0) is 26.7 Å². The van der Waals surface area contributed by atoms with Gasteiger partial charge in [-0.25, -0.2) is 8.42 Å². The summed E-state index contributed by atoms with van der Waals surface area (Å²) in [6.45, 7) is 3.80. The lowest BCUT2D eigenvalue weighted by molar-refractivity contribution is -0.107. The number of carbonyl (C=O) groups excluding carboxylic acids is 1. The summed E-state index contributed by atoms with van der Waals surface area (Å²) >= 11 is 0. The molecule has 0 aromatic carbocycles. The highest BCUT2D eigenvalue weighted by atomic mass is 32.2. The SMILES string of the molecule is CC1=CCS(=O)(=O)C1C/C=C(\C)CCC=O. The first-order valence-corrected chi connectivity index (χ1v) is 7.16. The van der Waals surface area contributed by atoms with Gasteiger partial charge in [0.1, 0.15) is 6.29 Å². The van der Waals surface area contributed by atoms with Crippen molar-refractivity contribution in [2.24, 2.45) is 0 Å². The highest BCUT2D eigenvalue weighted by Crippen LogP contribution is 2.24. The molecule has 0 fully saturated rings. The molecule has 0 aliphatic carbocycles. The molecule has 0 radical (unpaired) electrons. The molecule has 0 aromatic rings. The van der Waals surface area contributed by atoms with Crippen molar-refractivity contribution in [3.05, 3.63) is 23.3 Å². The van der Waals surface area contributed by atoms with Crippen LogP contribution in [0.5, 0.6) is 0 Å². The Hall–Kier alpha value is -0.900. The van der Waals surface area contributed by atoms with Gasteiger partial charge in [-0.2, -0.15) is 0 Å². The van der Waals surface area contributed by atoms with Gasteiger partial charge in [0.05, 0.1) is 11.0 Å². The monoisotopic (exact) mass is 242 g/mol. The first-order valence-electron chi connectivity index (χ1n) is 5.45. The summed E-state index contributed by atoms with van der Waals surface area (Å²) in [7, 11) is -2.96. The van der Waals surface area contributed by atoms with Crippen molar-refractivity contribution in [2.75, 3.05) is 5.75 Å². The van der Waals surface area contributed by atoms with E-state index in [1.165, 1.54) is 0 Å². The van der Waals surface area contributed by atoms with Crippen molar-refractivity contribution in [3.63, 3.8) is 0 Å². The normalized spacial score (nSPS) is 24.2. The van der Waals surface area contributed by atoms with E-state index in [-0.39, 0.29) is 11.0 Å². The van der Waals surface area contributed by atoms with Crippen molar-refractivity contribution < 1.29 is 13.2 Å². The second kappa shape index (κ2) is 5.43. The van der Waals surface area contributed by atoms with Crippen molar-refractivity contribution in [3.8, 4) is 0 Å². The average Bonchev–Trinajstić information content (AvgIpc) is 2.48. The number of hydrogen-bond acceptors (Lipinski definition) is 3. The lowest BCUT2D eigenvalue weighted by Crippen LogP contribution is -2.18. The molecule has 4 heteroatoms. The molecule has 1 unspecified atom stereocenters. The van der Waals surface area contributed by atoms with Gasteiger partial charge in [0.15, 0.2) is 9.84 Å². The molecule has 90 valence electrons. The van der Waals surface area contributed by atoms with Crippen LogP contribution in [0.3, 0.4) is 0 Å². The maximum Gasteiger partial charge on any atom is 0.160 e. The van der Waals surface area contributed by atoms with E-state index in [1.807, 2.05) is 19.9 Å². The summed E-state index contributed by atoms with van der Waals surface area (Å²) in [5.41, 5.74) is 2.03. The number of aldehydes is 1. The molecule has 1 atom stereocenters. The zero-order chi connectivity index (χ0) is 12.2. The minimum atomic E-state index is -2.96. The van der Waals surface area contributed by atoms with Crippen LogP contribution in [0, 0.1) is 0 Å². The fraction of sp³-hybridized carbons (Fsp3) is 0.583. The van der Waals surface area contributed by atoms with Gasteiger partial charge in [-0.15, -0.1) is 0 Å². The summed E-state index contributed by atoms with van der Waals surface area (Å²) in [4.78, 5) is 10.2. The van der Waals surface area contributed by atoms with Crippen LogP contribution in [-0.4, -0.2) is 25.7 Å². The number of hydrogen-bond donors (Lipinski definition) is 0. The van der Waals surface area contributed by atoms with Crippen LogP contribution in [0.25, 0.3) is 0 Å². The molecular weight excluding hydrogens is 224 g/mol. The second-order valence-electron chi connectivity index (χ2n) is 4.26. The molecule has 3 nitrogen and oxygen atoms in total. The van der Waals surface area contributed by atoms with Crippen LogP contribution in [0.4, 0.5) is 0 Å². The molecule has 1 aliphatic rings. The van der Waals surface area contributed by atoms with Crippen LogP contribution in [0.15, 0.2) is 23.3 Å². The van der Waals surface area contributed by atoms with Crippen molar-refractivity contribution in [2.45, 2.75) is 38.4 Å². The highest BCUT2D eigenvalue weighted by molar-refractivity contribution is 7.92. The van der Waals surface area contributed by atoms with Gasteiger partial charge >= 0.3 is 0 Å². The third-order valence-corrected chi connectivity index (χ3v) is 4.98. The lowest BCUT2D eigenvalue weighted by atomic mass is 10.1. The van der Waals surface area contributed by atoms with Crippen molar-refractivity contribution in [1.82, 2.24) is 0 Å². The number of carbonyl (C=O) groups is 1. The zero-order valence-corrected chi connectivity index (χ0v) is 10.6. The molecule has 0 N–H and O–H groups in total. The maximum absolute atomic E-state index is 11.7. The molecular formula is C12H18O3S. The Kier molecular flexibility index (Phi) is 4.47. The van der Waals surface area contributed by atoms with Crippen LogP contribution in [0.1, 0.15) is 33.1 Å².